The first kappa shape index (κ1) is 14.6. The number of hydrogen-bond donors (Lipinski definition) is 3. The molecular weight excluding hydrogens is 272 g/mol. The zero-order valence-corrected chi connectivity index (χ0v) is 11.3. The highest BCUT2D eigenvalue weighted by atomic mass is 16.4. The van der Waals surface area contributed by atoms with Crippen LogP contribution in [0.25, 0.3) is 0 Å². The highest BCUT2D eigenvalue weighted by molar-refractivity contribution is 5.87. The Kier molecular flexibility index (Phi) is 4.98. The molecule has 0 radical (unpaired) electrons. The van der Waals surface area contributed by atoms with Gasteiger partial charge in [0, 0.05) is 19.5 Å². The maximum absolute atomic E-state index is 11.6. The highest BCUT2D eigenvalue weighted by Gasteiger charge is 2.04. The molecule has 0 saturated heterocycles. The summed E-state index contributed by atoms with van der Waals surface area (Å²) in [6, 6.07) is 9.74. The van der Waals surface area contributed by atoms with E-state index in [-0.39, 0.29) is 11.6 Å². The van der Waals surface area contributed by atoms with Gasteiger partial charge in [-0.1, -0.05) is 12.1 Å². The molecule has 2 rings (SSSR count). The molecule has 0 saturated carbocycles. The highest BCUT2D eigenvalue weighted by Crippen LogP contribution is 2.04. The summed E-state index contributed by atoms with van der Waals surface area (Å²) < 4.78 is 5.16. The summed E-state index contributed by atoms with van der Waals surface area (Å²) in [5.74, 6) is -0.148. The van der Waals surface area contributed by atoms with E-state index in [2.05, 4.69) is 10.6 Å². The van der Waals surface area contributed by atoms with Crippen LogP contribution in [-0.2, 0) is 13.0 Å². The maximum atomic E-state index is 11.6. The Morgan fingerprint density at radius 1 is 1.10 bits per heavy atom. The number of carboxylic acids is 1. The van der Waals surface area contributed by atoms with Crippen LogP contribution in [0.1, 0.15) is 21.7 Å². The predicted molar refractivity (Wildman–Crippen MR) is 76.1 cm³/mol. The standard InChI is InChI=1S/C15H16N2O4/c18-14(19)12-5-3-11(4-6-12)10-17-15(20)16-8-7-13-2-1-9-21-13/h1-6,9H,7-8,10H2,(H,18,19)(H2,16,17,20). The molecule has 6 nitrogen and oxygen atoms in total. The van der Waals surface area contributed by atoms with E-state index >= 15 is 0 Å². The van der Waals surface area contributed by atoms with Crippen LogP contribution in [0.15, 0.2) is 47.1 Å². The first-order chi connectivity index (χ1) is 10.1. The van der Waals surface area contributed by atoms with Crippen LogP contribution in [-0.4, -0.2) is 23.7 Å². The van der Waals surface area contributed by atoms with Gasteiger partial charge in [-0.15, -0.1) is 0 Å². The van der Waals surface area contributed by atoms with E-state index in [0.29, 0.717) is 19.5 Å². The fraction of sp³-hybridized carbons (Fsp3) is 0.200. The number of furan rings is 1. The van der Waals surface area contributed by atoms with Crippen molar-refractivity contribution in [1.82, 2.24) is 10.6 Å². The van der Waals surface area contributed by atoms with Crippen molar-refractivity contribution >= 4 is 12.0 Å². The lowest BCUT2D eigenvalue weighted by Gasteiger charge is -2.07. The molecule has 2 aromatic rings. The Morgan fingerprint density at radius 2 is 1.86 bits per heavy atom. The number of rotatable bonds is 6. The van der Waals surface area contributed by atoms with Crippen molar-refractivity contribution in [2.75, 3.05) is 6.54 Å². The van der Waals surface area contributed by atoms with Gasteiger partial charge in [-0.2, -0.15) is 0 Å². The van der Waals surface area contributed by atoms with Crippen LogP contribution < -0.4 is 10.6 Å². The molecule has 0 fully saturated rings. The molecule has 0 aliphatic carbocycles. The van der Waals surface area contributed by atoms with Crippen LogP contribution in [0.3, 0.4) is 0 Å². The zero-order chi connectivity index (χ0) is 15.1. The van der Waals surface area contributed by atoms with E-state index < -0.39 is 5.97 Å². The molecule has 1 heterocycles. The third-order valence-electron chi connectivity index (χ3n) is 2.89. The van der Waals surface area contributed by atoms with Crippen molar-refractivity contribution in [3.8, 4) is 0 Å². The second-order valence-corrected chi connectivity index (χ2v) is 4.44. The lowest BCUT2D eigenvalue weighted by atomic mass is 10.1. The number of carbonyl (C=O) groups is 2. The van der Waals surface area contributed by atoms with Crippen LogP contribution in [0.2, 0.25) is 0 Å². The molecular formula is C15H16N2O4. The number of urea groups is 1. The third kappa shape index (κ3) is 4.68. The van der Waals surface area contributed by atoms with Crippen LogP contribution in [0, 0.1) is 0 Å². The quantitative estimate of drug-likeness (QED) is 0.758. The Hall–Kier alpha value is -2.76. The molecule has 0 atom stereocenters. The van der Waals surface area contributed by atoms with Crippen molar-refractivity contribution in [3.63, 3.8) is 0 Å². The molecule has 2 amide bonds. The van der Waals surface area contributed by atoms with Crippen molar-refractivity contribution in [2.24, 2.45) is 0 Å². The number of hydrogen-bond acceptors (Lipinski definition) is 3. The molecule has 3 N–H and O–H groups in total. The van der Waals surface area contributed by atoms with Crippen molar-refractivity contribution in [2.45, 2.75) is 13.0 Å². The van der Waals surface area contributed by atoms with Crippen molar-refractivity contribution < 1.29 is 19.1 Å². The summed E-state index contributed by atoms with van der Waals surface area (Å²) in [6.45, 7) is 0.823. The molecule has 0 spiro atoms. The van der Waals surface area contributed by atoms with Gasteiger partial charge in [0.15, 0.2) is 0 Å². The molecule has 1 aromatic heterocycles. The molecule has 0 aliphatic heterocycles. The number of carbonyl (C=O) groups excluding carboxylic acids is 1. The summed E-state index contributed by atoms with van der Waals surface area (Å²) in [5, 5.41) is 14.2. The second-order valence-electron chi connectivity index (χ2n) is 4.44. The minimum Gasteiger partial charge on any atom is -0.478 e. The fourth-order valence-corrected chi connectivity index (χ4v) is 1.76. The monoisotopic (exact) mass is 288 g/mol. The number of nitrogens with one attached hydrogen (secondary N) is 2. The van der Waals surface area contributed by atoms with E-state index in [4.69, 9.17) is 9.52 Å². The zero-order valence-electron chi connectivity index (χ0n) is 11.3. The normalized spacial score (nSPS) is 10.1. The maximum Gasteiger partial charge on any atom is 0.335 e. The summed E-state index contributed by atoms with van der Waals surface area (Å²) in [5.41, 5.74) is 1.06. The van der Waals surface area contributed by atoms with E-state index in [9.17, 15) is 9.59 Å². The van der Waals surface area contributed by atoms with Gasteiger partial charge in [-0.3, -0.25) is 0 Å². The van der Waals surface area contributed by atoms with Gasteiger partial charge in [0.2, 0.25) is 0 Å². The van der Waals surface area contributed by atoms with Crippen LogP contribution in [0.4, 0.5) is 4.79 Å². The SMILES string of the molecule is O=C(NCCc1ccco1)NCc1ccc(C(=O)O)cc1. The second kappa shape index (κ2) is 7.14. The lowest BCUT2D eigenvalue weighted by Crippen LogP contribution is -2.36. The van der Waals surface area contributed by atoms with Crippen molar-refractivity contribution in [3.05, 3.63) is 59.5 Å². The molecule has 110 valence electrons. The minimum absolute atomic E-state index is 0.224. The van der Waals surface area contributed by atoms with Gasteiger partial charge in [-0.25, -0.2) is 9.59 Å². The topological polar surface area (TPSA) is 91.6 Å². The fourth-order valence-electron chi connectivity index (χ4n) is 1.76. The third-order valence-corrected chi connectivity index (χ3v) is 2.89. The van der Waals surface area contributed by atoms with Crippen molar-refractivity contribution in [1.29, 1.82) is 0 Å². The largest absolute Gasteiger partial charge is 0.478 e. The molecule has 0 unspecified atom stereocenters. The summed E-state index contributed by atoms with van der Waals surface area (Å²) in [7, 11) is 0. The van der Waals surface area contributed by atoms with Gasteiger partial charge in [0.25, 0.3) is 0 Å². The number of benzene rings is 1. The molecule has 0 bridgehead atoms. The Bertz CT molecular complexity index is 591. The molecule has 1 aromatic carbocycles. The number of carboxylic acid groups (broad SMARTS) is 1. The van der Waals surface area contributed by atoms with Gasteiger partial charge in [0.1, 0.15) is 5.76 Å². The first-order valence-electron chi connectivity index (χ1n) is 6.51. The van der Waals surface area contributed by atoms with Gasteiger partial charge >= 0.3 is 12.0 Å². The average Bonchev–Trinajstić information content (AvgIpc) is 2.99. The van der Waals surface area contributed by atoms with Gasteiger partial charge in [-0.05, 0) is 29.8 Å². The Morgan fingerprint density at radius 3 is 2.48 bits per heavy atom. The van der Waals surface area contributed by atoms with Crippen LogP contribution in [0.5, 0.6) is 0 Å². The Labute approximate surface area is 121 Å². The van der Waals surface area contributed by atoms with E-state index in [1.807, 2.05) is 6.07 Å². The van der Waals surface area contributed by atoms with E-state index in [1.54, 1.807) is 24.5 Å². The summed E-state index contributed by atoms with van der Waals surface area (Å²) in [6.07, 6.45) is 2.23. The number of aromatic carboxylic acids is 1. The van der Waals surface area contributed by atoms with E-state index in [0.717, 1.165) is 11.3 Å². The smallest absolute Gasteiger partial charge is 0.335 e. The minimum atomic E-state index is -0.967. The Balaban J connectivity index is 1.69. The van der Waals surface area contributed by atoms with E-state index in [1.165, 1.54) is 12.1 Å². The predicted octanol–water partition coefficient (Wildman–Crippen LogP) is 2.02. The summed E-state index contributed by atoms with van der Waals surface area (Å²) in [4.78, 5) is 22.3. The summed E-state index contributed by atoms with van der Waals surface area (Å²) >= 11 is 0. The number of amides is 2. The molecule has 6 heteroatoms. The molecule has 21 heavy (non-hydrogen) atoms. The first-order valence-corrected chi connectivity index (χ1v) is 6.51. The van der Waals surface area contributed by atoms with Crippen LogP contribution >= 0.6 is 0 Å². The lowest BCUT2D eigenvalue weighted by molar-refractivity contribution is 0.0697. The van der Waals surface area contributed by atoms with Gasteiger partial charge in [0.05, 0.1) is 11.8 Å². The van der Waals surface area contributed by atoms with Gasteiger partial charge < -0.3 is 20.2 Å². The average molecular weight is 288 g/mol. The molecule has 0 aliphatic rings.